The first kappa shape index (κ1) is 20.7. The van der Waals surface area contributed by atoms with Gasteiger partial charge in [-0.25, -0.2) is 15.0 Å². The molecule has 168 valence electrons. The molecule has 0 amide bonds. The van der Waals surface area contributed by atoms with Gasteiger partial charge >= 0.3 is 0 Å². The second-order valence-electron chi connectivity index (χ2n) is 8.15. The molecule has 2 aliphatic rings. The molecule has 0 spiro atoms. The minimum Gasteiger partial charge on any atom is -0.494 e. The standard InChI is InChI=1S/C23H28N6O3/c1-30-19-14-26-23(27-15-19)28-16-2-4-18(5-3-16)32-21-13-17(29-8-10-31-11-9-29)12-20-22(21)25-7-6-24-20/h6-7,12-16,18H,2-5,8-11H2,1H3,(H,26,27,28)/t16-,18+. The Morgan fingerprint density at radius 1 is 0.969 bits per heavy atom. The summed E-state index contributed by atoms with van der Waals surface area (Å²) in [6.45, 7) is 3.22. The predicted molar refractivity (Wildman–Crippen MR) is 121 cm³/mol. The highest BCUT2D eigenvalue weighted by atomic mass is 16.5. The van der Waals surface area contributed by atoms with E-state index in [4.69, 9.17) is 14.2 Å². The van der Waals surface area contributed by atoms with Crippen molar-refractivity contribution in [2.45, 2.75) is 37.8 Å². The van der Waals surface area contributed by atoms with Gasteiger partial charge in [0.1, 0.15) is 11.3 Å². The molecular formula is C23H28N6O3. The minimum absolute atomic E-state index is 0.148. The fourth-order valence-electron chi connectivity index (χ4n) is 4.31. The number of ether oxygens (including phenoxy) is 3. The molecule has 1 N–H and O–H groups in total. The number of hydrogen-bond acceptors (Lipinski definition) is 9. The predicted octanol–water partition coefficient (Wildman–Crippen LogP) is 3.07. The summed E-state index contributed by atoms with van der Waals surface area (Å²) in [5.74, 6) is 2.10. The zero-order valence-electron chi connectivity index (χ0n) is 18.2. The number of aromatic nitrogens is 4. The van der Waals surface area contributed by atoms with E-state index in [-0.39, 0.29) is 6.10 Å². The molecule has 0 radical (unpaired) electrons. The van der Waals surface area contributed by atoms with Crippen LogP contribution >= 0.6 is 0 Å². The molecule has 1 saturated carbocycles. The highest BCUT2D eigenvalue weighted by molar-refractivity contribution is 5.85. The third-order valence-electron chi connectivity index (χ3n) is 6.06. The van der Waals surface area contributed by atoms with Crippen molar-refractivity contribution >= 4 is 22.7 Å². The Labute approximate surface area is 187 Å². The number of nitrogens with zero attached hydrogens (tertiary/aromatic N) is 5. The summed E-state index contributed by atoms with van der Waals surface area (Å²) in [5, 5.41) is 3.42. The van der Waals surface area contributed by atoms with Gasteiger partial charge in [0, 0.05) is 43.3 Å². The van der Waals surface area contributed by atoms with Crippen LogP contribution in [0, 0.1) is 0 Å². The van der Waals surface area contributed by atoms with E-state index in [2.05, 4.69) is 42.3 Å². The molecule has 0 bridgehead atoms. The maximum Gasteiger partial charge on any atom is 0.223 e. The second-order valence-corrected chi connectivity index (χ2v) is 8.15. The second kappa shape index (κ2) is 9.52. The Kier molecular flexibility index (Phi) is 6.15. The van der Waals surface area contributed by atoms with Crippen LogP contribution < -0.4 is 19.7 Å². The van der Waals surface area contributed by atoms with Crippen LogP contribution in [0.25, 0.3) is 11.0 Å². The molecule has 5 rings (SSSR count). The number of rotatable bonds is 6. The molecule has 0 atom stereocenters. The normalized spacial score (nSPS) is 21.3. The molecule has 1 aliphatic heterocycles. The van der Waals surface area contributed by atoms with Gasteiger partial charge in [0.05, 0.1) is 44.3 Å². The maximum absolute atomic E-state index is 6.49. The largest absolute Gasteiger partial charge is 0.494 e. The van der Waals surface area contributed by atoms with Crippen molar-refractivity contribution in [2.24, 2.45) is 0 Å². The molecule has 9 nitrogen and oxygen atoms in total. The molecule has 1 aliphatic carbocycles. The summed E-state index contributed by atoms with van der Waals surface area (Å²) in [4.78, 5) is 20.0. The lowest BCUT2D eigenvalue weighted by Gasteiger charge is -2.31. The quantitative estimate of drug-likeness (QED) is 0.625. The number of methoxy groups -OCH3 is 1. The average molecular weight is 437 g/mol. The van der Waals surface area contributed by atoms with Crippen LogP contribution in [-0.4, -0.2) is 65.5 Å². The van der Waals surface area contributed by atoms with Crippen LogP contribution in [0.1, 0.15) is 25.7 Å². The van der Waals surface area contributed by atoms with Crippen molar-refractivity contribution in [1.29, 1.82) is 0 Å². The summed E-state index contributed by atoms with van der Waals surface area (Å²) < 4.78 is 17.1. The average Bonchev–Trinajstić information content (AvgIpc) is 2.86. The van der Waals surface area contributed by atoms with Gasteiger partial charge in [0.25, 0.3) is 0 Å². The van der Waals surface area contributed by atoms with Crippen LogP contribution in [-0.2, 0) is 4.74 Å². The number of morpholine rings is 1. The molecule has 3 aromatic rings. The van der Waals surface area contributed by atoms with Crippen LogP contribution in [0.15, 0.2) is 36.9 Å². The van der Waals surface area contributed by atoms with Crippen molar-refractivity contribution in [1.82, 2.24) is 19.9 Å². The molecule has 9 heteroatoms. The Hall–Kier alpha value is -3.20. The molecular weight excluding hydrogens is 408 g/mol. The van der Waals surface area contributed by atoms with E-state index in [0.29, 0.717) is 17.7 Å². The van der Waals surface area contributed by atoms with E-state index in [1.165, 1.54) is 0 Å². The lowest BCUT2D eigenvalue weighted by atomic mass is 9.93. The fourth-order valence-corrected chi connectivity index (χ4v) is 4.31. The molecule has 2 aromatic heterocycles. The van der Waals surface area contributed by atoms with Gasteiger partial charge in [-0.3, -0.25) is 4.98 Å². The zero-order valence-corrected chi connectivity index (χ0v) is 18.2. The minimum atomic E-state index is 0.148. The molecule has 1 saturated heterocycles. The lowest BCUT2D eigenvalue weighted by molar-refractivity contribution is 0.122. The number of benzene rings is 1. The van der Waals surface area contributed by atoms with Crippen molar-refractivity contribution in [3.05, 3.63) is 36.9 Å². The summed E-state index contributed by atoms with van der Waals surface area (Å²) >= 11 is 0. The Morgan fingerprint density at radius 2 is 1.72 bits per heavy atom. The van der Waals surface area contributed by atoms with E-state index in [9.17, 15) is 0 Å². The maximum atomic E-state index is 6.49. The summed E-state index contributed by atoms with van der Waals surface area (Å²) in [6.07, 6.45) is 10.9. The number of anilines is 2. The van der Waals surface area contributed by atoms with E-state index >= 15 is 0 Å². The van der Waals surface area contributed by atoms with Crippen molar-refractivity contribution in [3.63, 3.8) is 0 Å². The van der Waals surface area contributed by atoms with Gasteiger partial charge in [-0.15, -0.1) is 0 Å². The Balaban J connectivity index is 1.25. The summed E-state index contributed by atoms with van der Waals surface area (Å²) in [7, 11) is 1.61. The SMILES string of the molecule is COc1cnc(N[C@H]2CC[C@@H](Oc3cc(N4CCOCC4)cc4nccnc34)CC2)nc1. The van der Waals surface area contributed by atoms with E-state index in [0.717, 1.165) is 74.5 Å². The van der Waals surface area contributed by atoms with Crippen LogP contribution in [0.3, 0.4) is 0 Å². The first-order chi connectivity index (χ1) is 15.8. The molecule has 0 unspecified atom stereocenters. The first-order valence-corrected chi connectivity index (χ1v) is 11.1. The molecule has 32 heavy (non-hydrogen) atoms. The third-order valence-corrected chi connectivity index (χ3v) is 6.06. The molecule has 1 aromatic carbocycles. The van der Waals surface area contributed by atoms with Crippen LogP contribution in [0.4, 0.5) is 11.6 Å². The monoisotopic (exact) mass is 436 g/mol. The summed E-state index contributed by atoms with van der Waals surface area (Å²) in [6, 6.07) is 4.54. The van der Waals surface area contributed by atoms with Crippen molar-refractivity contribution < 1.29 is 14.2 Å². The van der Waals surface area contributed by atoms with E-state index in [1.54, 1.807) is 31.9 Å². The molecule has 3 heterocycles. The van der Waals surface area contributed by atoms with Gasteiger partial charge < -0.3 is 24.4 Å². The van der Waals surface area contributed by atoms with Crippen LogP contribution in [0.2, 0.25) is 0 Å². The van der Waals surface area contributed by atoms with Gasteiger partial charge in [-0.1, -0.05) is 0 Å². The van der Waals surface area contributed by atoms with Crippen molar-refractivity contribution in [3.8, 4) is 11.5 Å². The molecule has 2 fully saturated rings. The van der Waals surface area contributed by atoms with E-state index in [1.807, 2.05) is 0 Å². The third kappa shape index (κ3) is 4.67. The topological polar surface area (TPSA) is 94.5 Å². The van der Waals surface area contributed by atoms with Gasteiger partial charge in [0.2, 0.25) is 5.95 Å². The van der Waals surface area contributed by atoms with Gasteiger partial charge in [-0.2, -0.15) is 0 Å². The van der Waals surface area contributed by atoms with Crippen molar-refractivity contribution in [2.75, 3.05) is 43.6 Å². The fraction of sp³-hybridized carbons (Fsp3) is 0.478. The number of hydrogen-bond donors (Lipinski definition) is 1. The van der Waals surface area contributed by atoms with Crippen LogP contribution in [0.5, 0.6) is 11.5 Å². The number of fused-ring (bicyclic) bond motifs is 1. The lowest BCUT2D eigenvalue weighted by Crippen LogP contribution is -2.36. The first-order valence-electron chi connectivity index (χ1n) is 11.1. The Morgan fingerprint density at radius 3 is 2.47 bits per heavy atom. The van der Waals surface area contributed by atoms with E-state index < -0.39 is 0 Å². The van der Waals surface area contributed by atoms with Gasteiger partial charge in [0.15, 0.2) is 5.75 Å². The highest BCUT2D eigenvalue weighted by Gasteiger charge is 2.24. The summed E-state index contributed by atoms with van der Waals surface area (Å²) in [5.41, 5.74) is 2.79. The Bertz CT molecular complexity index is 1030. The van der Waals surface area contributed by atoms with Gasteiger partial charge in [-0.05, 0) is 31.7 Å². The smallest absolute Gasteiger partial charge is 0.223 e. The number of nitrogens with one attached hydrogen (secondary N) is 1. The zero-order chi connectivity index (χ0) is 21.8. The highest BCUT2D eigenvalue weighted by Crippen LogP contribution is 2.33.